The summed E-state index contributed by atoms with van der Waals surface area (Å²) in [6.45, 7) is 1.64. The van der Waals surface area contributed by atoms with Crippen LogP contribution in [0.4, 0.5) is 5.69 Å². The van der Waals surface area contributed by atoms with E-state index in [1.54, 1.807) is 49.7 Å². The van der Waals surface area contributed by atoms with E-state index in [1.165, 1.54) is 6.07 Å². The van der Waals surface area contributed by atoms with Gasteiger partial charge >= 0.3 is 5.97 Å². The molecule has 3 rings (SSSR count). The quantitative estimate of drug-likeness (QED) is 0.376. The van der Waals surface area contributed by atoms with Gasteiger partial charge in [0.05, 0.1) is 4.92 Å². The molecule has 7 nitrogen and oxygen atoms in total. The van der Waals surface area contributed by atoms with Crippen LogP contribution in [0.3, 0.4) is 0 Å². The monoisotopic (exact) mass is 309 g/mol. The lowest BCUT2D eigenvalue weighted by molar-refractivity contribution is -0.385. The van der Waals surface area contributed by atoms with Crippen LogP contribution < -0.4 is 0 Å². The number of hydrogen-bond acceptors (Lipinski definition) is 6. The fraction of sp³-hybridized carbons (Fsp3) is 0.0625. The number of aryl methyl sites for hydroxylation is 1. The Hall–Kier alpha value is -3.35. The molecule has 1 aliphatic rings. The molecule has 1 aromatic heterocycles. The third-order valence-electron chi connectivity index (χ3n) is 3.28. The van der Waals surface area contributed by atoms with Crippen LogP contribution in [0.1, 0.15) is 16.7 Å². The Balaban J connectivity index is 1.97. The Morgan fingerprint density at radius 2 is 1.96 bits per heavy atom. The van der Waals surface area contributed by atoms with Crippen LogP contribution in [-0.4, -0.2) is 21.8 Å². The van der Waals surface area contributed by atoms with E-state index in [0.29, 0.717) is 11.1 Å². The molecule has 2 heterocycles. The van der Waals surface area contributed by atoms with Gasteiger partial charge in [-0.3, -0.25) is 15.1 Å². The number of benzene rings is 1. The van der Waals surface area contributed by atoms with Gasteiger partial charge in [0.2, 0.25) is 5.90 Å². The molecule has 1 aliphatic heterocycles. The number of aromatic nitrogens is 1. The van der Waals surface area contributed by atoms with Crippen molar-refractivity contribution in [3.8, 4) is 0 Å². The van der Waals surface area contributed by atoms with Crippen molar-refractivity contribution in [1.82, 2.24) is 4.98 Å². The second-order valence-electron chi connectivity index (χ2n) is 4.87. The van der Waals surface area contributed by atoms with Gasteiger partial charge in [0.25, 0.3) is 5.69 Å². The maximum absolute atomic E-state index is 11.9. The Kier molecular flexibility index (Phi) is 3.68. The van der Waals surface area contributed by atoms with Crippen molar-refractivity contribution in [2.45, 2.75) is 6.92 Å². The minimum absolute atomic E-state index is 0.0483. The number of hydrogen-bond donors (Lipinski definition) is 0. The zero-order chi connectivity index (χ0) is 16.4. The smallest absolute Gasteiger partial charge is 0.363 e. The third-order valence-corrected chi connectivity index (χ3v) is 3.28. The van der Waals surface area contributed by atoms with Crippen molar-refractivity contribution in [2.75, 3.05) is 0 Å². The van der Waals surface area contributed by atoms with Crippen LogP contribution in [0.2, 0.25) is 0 Å². The molecule has 0 atom stereocenters. The number of nitrogens with zero attached hydrogens (tertiary/aromatic N) is 3. The normalized spacial score (nSPS) is 15.4. The molecule has 2 aromatic rings. The first-order valence-electron chi connectivity index (χ1n) is 6.72. The van der Waals surface area contributed by atoms with E-state index >= 15 is 0 Å². The minimum atomic E-state index is -0.597. The molecule has 114 valence electrons. The summed E-state index contributed by atoms with van der Waals surface area (Å²) in [6, 6.07) is 8.02. The van der Waals surface area contributed by atoms with Crippen LogP contribution in [0.25, 0.3) is 6.08 Å². The Morgan fingerprint density at radius 1 is 1.22 bits per heavy atom. The van der Waals surface area contributed by atoms with Crippen molar-refractivity contribution >= 4 is 23.6 Å². The number of pyridine rings is 1. The summed E-state index contributed by atoms with van der Waals surface area (Å²) >= 11 is 0. The minimum Gasteiger partial charge on any atom is -0.402 e. The molecule has 0 saturated carbocycles. The molecular formula is C16H11N3O4. The van der Waals surface area contributed by atoms with Crippen LogP contribution in [-0.2, 0) is 9.53 Å². The van der Waals surface area contributed by atoms with E-state index < -0.39 is 10.9 Å². The predicted molar refractivity (Wildman–Crippen MR) is 82.7 cm³/mol. The van der Waals surface area contributed by atoms with Crippen molar-refractivity contribution in [1.29, 1.82) is 0 Å². The molecule has 0 radical (unpaired) electrons. The lowest BCUT2D eigenvalue weighted by Crippen LogP contribution is -2.06. The molecule has 0 bridgehead atoms. The molecule has 0 fully saturated rings. The molecule has 0 saturated heterocycles. The molecule has 7 heteroatoms. The number of nitro benzene ring substituents is 1. The molecule has 0 N–H and O–H groups in total. The van der Waals surface area contributed by atoms with Gasteiger partial charge in [0, 0.05) is 29.6 Å². The molecule has 1 aromatic carbocycles. The summed E-state index contributed by atoms with van der Waals surface area (Å²) in [4.78, 5) is 30.4. The van der Waals surface area contributed by atoms with Gasteiger partial charge in [-0.2, -0.15) is 0 Å². The van der Waals surface area contributed by atoms with Gasteiger partial charge in [-0.25, -0.2) is 9.79 Å². The second kappa shape index (κ2) is 5.80. The molecule has 0 amide bonds. The molecule has 0 spiro atoms. The number of nitro groups is 1. The molecule has 23 heavy (non-hydrogen) atoms. The van der Waals surface area contributed by atoms with E-state index in [9.17, 15) is 14.9 Å². The van der Waals surface area contributed by atoms with E-state index in [-0.39, 0.29) is 17.3 Å². The van der Waals surface area contributed by atoms with Crippen molar-refractivity contribution in [3.05, 3.63) is 75.2 Å². The summed E-state index contributed by atoms with van der Waals surface area (Å²) in [6.07, 6.45) is 4.76. The van der Waals surface area contributed by atoms with Crippen LogP contribution in [0.5, 0.6) is 0 Å². The SMILES string of the molecule is Cc1ccc(C2=N/C(=C\c3ccncc3)C(=O)O2)cc1[N+](=O)[O-]. The van der Waals surface area contributed by atoms with Crippen LogP contribution in [0.15, 0.2) is 53.4 Å². The standard InChI is InChI=1S/C16H11N3O4/c1-10-2-3-12(9-14(10)19(21)22)15-18-13(16(20)23-15)8-11-4-6-17-7-5-11/h2-9H,1H3/b13-8-. The summed E-state index contributed by atoms with van der Waals surface area (Å²) in [5, 5.41) is 11.0. The van der Waals surface area contributed by atoms with Crippen LogP contribution in [0, 0.1) is 17.0 Å². The Morgan fingerprint density at radius 3 is 2.65 bits per heavy atom. The predicted octanol–water partition coefficient (Wildman–Crippen LogP) is 2.64. The van der Waals surface area contributed by atoms with E-state index in [1.807, 2.05) is 0 Å². The fourth-order valence-electron chi connectivity index (χ4n) is 2.09. The van der Waals surface area contributed by atoms with Crippen molar-refractivity contribution in [2.24, 2.45) is 4.99 Å². The highest BCUT2D eigenvalue weighted by molar-refractivity contribution is 6.13. The lowest BCUT2D eigenvalue weighted by atomic mass is 10.1. The third kappa shape index (κ3) is 2.98. The van der Waals surface area contributed by atoms with Gasteiger partial charge < -0.3 is 4.74 Å². The van der Waals surface area contributed by atoms with Gasteiger partial charge in [-0.1, -0.05) is 6.07 Å². The van der Waals surface area contributed by atoms with E-state index in [4.69, 9.17) is 4.74 Å². The van der Waals surface area contributed by atoms with E-state index in [2.05, 4.69) is 9.98 Å². The first kappa shape index (κ1) is 14.6. The van der Waals surface area contributed by atoms with Gasteiger partial charge in [-0.05, 0) is 36.8 Å². The number of ether oxygens (including phenoxy) is 1. The zero-order valence-corrected chi connectivity index (χ0v) is 12.1. The number of carbonyl (C=O) groups excluding carboxylic acids is 1. The summed E-state index contributed by atoms with van der Waals surface area (Å²) in [5.41, 5.74) is 1.75. The summed E-state index contributed by atoms with van der Waals surface area (Å²) in [7, 11) is 0. The number of cyclic esters (lactones) is 1. The average molecular weight is 309 g/mol. The second-order valence-corrected chi connectivity index (χ2v) is 4.87. The first-order chi connectivity index (χ1) is 11.0. The summed E-state index contributed by atoms with van der Waals surface area (Å²) in [5.74, 6) is -0.543. The largest absolute Gasteiger partial charge is 0.402 e. The molecule has 0 unspecified atom stereocenters. The highest BCUT2D eigenvalue weighted by atomic mass is 16.6. The number of carbonyl (C=O) groups is 1. The number of esters is 1. The topological polar surface area (TPSA) is 94.7 Å². The summed E-state index contributed by atoms with van der Waals surface area (Å²) < 4.78 is 5.11. The van der Waals surface area contributed by atoms with Crippen molar-refractivity contribution in [3.63, 3.8) is 0 Å². The van der Waals surface area contributed by atoms with Gasteiger partial charge in [-0.15, -0.1) is 0 Å². The number of aliphatic imine (C=N–C) groups is 1. The maximum atomic E-state index is 11.9. The van der Waals surface area contributed by atoms with Gasteiger partial charge in [0.1, 0.15) is 0 Å². The lowest BCUT2D eigenvalue weighted by Gasteiger charge is -2.01. The van der Waals surface area contributed by atoms with Gasteiger partial charge in [0.15, 0.2) is 5.70 Å². The molecular weight excluding hydrogens is 298 g/mol. The first-order valence-corrected chi connectivity index (χ1v) is 6.72. The maximum Gasteiger partial charge on any atom is 0.363 e. The highest BCUT2D eigenvalue weighted by Crippen LogP contribution is 2.24. The average Bonchev–Trinajstić information content (AvgIpc) is 2.89. The zero-order valence-electron chi connectivity index (χ0n) is 12.1. The Labute approximate surface area is 131 Å². The Bertz CT molecular complexity index is 857. The van der Waals surface area contributed by atoms with Crippen molar-refractivity contribution < 1.29 is 14.5 Å². The van der Waals surface area contributed by atoms with Crippen LogP contribution >= 0.6 is 0 Å². The molecule has 0 aliphatic carbocycles. The highest BCUT2D eigenvalue weighted by Gasteiger charge is 2.25. The fourth-order valence-corrected chi connectivity index (χ4v) is 2.09. The van der Waals surface area contributed by atoms with E-state index in [0.717, 1.165) is 5.56 Å². The number of rotatable bonds is 3.